The molecule has 1 rings (SSSR count). The van der Waals surface area contributed by atoms with E-state index in [0.29, 0.717) is 11.4 Å². The molecule has 0 aliphatic heterocycles. The Morgan fingerprint density at radius 1 is 1.18 bits per heavy atom. The van der Waals surface area contributed by atoms with Gasteiger partial charge in [-0.2, -0.15) is 0 Å². The molecule has 0 unspecified atom stereocenters. The molecule has 0 aliphatic carbocycles. The average Bonchev–Trinajstić information content (AvgIpc) is 2.05. The maximum Gasteiger partial charge on any atom is 0.168 e. The van der Waals surface area contributed by atoms with Crippen LogP contribution in [0.2, 0.25) is 0 Å². The van der Waals surface area contributed by atoms with Gasteiger partial charge in [0.05, 0.1) is 4.90 Å². The maximum atomic E-state index is 10.4. The van der Waals surface area contributed by atoms with Gasteiger partial charge in [0, 0.05) is 6.54 Å². The van der Waals surface area contributed by atoms with E-state index >= 15 is 0 Å². The summed E-state index contributed by atoms with van der Waals surface area (Å²) in [6.07, 6.45) is 0. The van der Waals surface area contributed by atoms with Gasteiger partial charge in [-0.25, -0.2) is 8.42 Å². The Bertz CT molecular complexity index is 295. The molecule has 2 N–H and O–H groups in total. The van der Waals surface area contributed by atoms with E-state index in [2.05, 4.69) is 0 Å². The molecule has 0 heterocycles. The second-order valence-corrected chi connectivity index (χ2v) is 3.16. The zero-order valence-electron chi connectivity index (χ0n) is 5.86. The molecule has 60 valence electrons. The van der Waals surface area contributed by atoms with Crippen LogP contribution in [0.3, 0.4) is 0 Å². The van der Waals surface area contributed by atoms with E-state index in [0.717, 1.165) is 5.56 Å². The SMILES string of the molecule is NCc1ccc([SH](=O)=O)cc1. The third kappa shape index (κ3) is 2.03. The van der Waals surface area contributed by atoms with Crippen LogP contribution in [0.15, 0.2) is 29.2 Å². The lowest BCUT2D eigenvalue weighted by Gasteiger charge is -1.94. The Morgan fingerprint density at radius 2 is 1.73 bits per heavy atom. The van der Waals surface area contributed by atoms with Crippen molar-refractivity contribution in [2.75, 3.05) is 0 Å². The van der Waals surface area contributed by atoms with Gasteiger partial charge < -0.3 is 5.73 Å². The first kappa shape index (κ1) is 8.23. The minimum atomic E-state index is -2.45. The largest absolute Gasteiger partial charge is 0.326 e. The van der Waals surface area contributed by atoms with Crippen LogP contribution in [-0.2, 0) is 17.2 Å². The van der Waals surface area contributed by atoms with Gasteiger partial charge in [0.15, 0.2) is 10.7 Å². The first-order chi connectivity index (χ1) is 5.24. The highest BCUT2D eigenvalue weighted by Crippen LogP contribution is 2.03. The van der Waals surface area contributed by atoms with Crippen LogP contribution >= 0.6 is 0 Å². The lowest BCUT2D eigenvalue weighted by molar-refractivity contribution is 0.614. The van der Waals surface area contributed by atoms with Crippen molar-refractivity contribution in [3.8, 4) is 0 Å². The Kier molecular flexibility index (Phi) is 2.62. The highest BCUT2D eigenvalue weighted by Gasteiger charge is 1.92. The number of rotatable bonds is 2. The quantitative estimate of drug-likeness (QED) is 0.621. The Balaban J connectivity index is 3.01. The summed E-state index contributed by atoms with van der Waals surface area (Å²) in [5, 5.41) is 0. The second kappa shape index (κ2) is 3.50. The zero-order valence-corrected chi connectivity index (χ0v) is 6.75. The summed E-state index contributed by atoms with van der Waals surface area (Å²) in [7, 11) is -2.45. The van der Waals surface area contributed by atoms with Crippen molar-refractivity contribution in [2.45, 2.75) is 11.4 Å². The van der Waals surface area contributed by atoms with E-state index in [1.807, 2.05) is 0 Å². The smallest absolute Gasteiger partial charge is 0.168 e. The van der Waals surface area contributed by atoms with E-state index in [-0.39, 0.29) is 0 Å². The fourth-order valence-corrected chi connectivity index (χ4v) is 1.15. The van der Waals surface area contributed by atoms with Crippen LogP contribution in [0.4, 0.5) is 0 Å². The fraction of sp³-hybridized carbons (Fsp3) is 0.143. The average molecular weight is 171 g/mol. The summed E-state index contributed by atoms with van der Waals surface area (Å²) in [4.78, 5) is 0.331. The van der Waals surface area contributed by atoms with Crippen molar-refractivity contribution in [1.29, 1.82) is 0 Å². The molecule has 1 aromatic rings. The molecule has 0 fully saturated rings. The van der Waals surface area contributed by atoms with Crippen molar-refractivity contribution in [3.05, 3.63) is 29.8 Å². The number of nitrogens with two attached hydrogens (primary N) is 1. The van der Waals surface area contributed by atoms with E-state index in [1.54, 1.807) is 24.3 Å². The van der Waals surface area contributed by atoms with Crippen LogP contribution in [0.5, 0.6) is 0 Å². The normalized spacial score (nSPS) is 10.4. The van der Waals surface area contributed by atoms with Gasteiger partial charge >= 0.3 is 0 Å². The summed E-state index contributed by atoms with van der Waals surface area (Å²) >= 11 is 0. The minimum Gasteiger partial charge on any atom is -0.326 e. The lowest BCUT2D eigenvalue weighted by atomic mass is 10.2. The van der Waals surface area contributed by atoms with E-state index in [4.69, 9.17) is 5.73 Å². The van der Waals surface area contributed by atoms with Crippen LogP contribution in [0.1, 0.15) is 5.56 Å². The van der Waals surface area contributed by atoms with Crippen molar-refractivity contribution in [1.82, 2.24) is 0 Å². The number of thiol groups is 1. The zero-order chi connectivity index (χ0) is 8.27. The van der Waals surface area contributed by atoms with Gasteiger partial charge in [-0.1, -0.05) is 12.1 Å². The molecule has 0 saturated heterocycles. The summed E-state index contributed by atoms with van der Waals surface area (Å²) in [6, 6.07) is 6.52. The lowest BCUT2D eigenvalue weighted by Crippen LogP contribution is -1.95. The van der Waals surface area contributed by atoms with Crippen LogP contribution in [-0.4, -0.2) is 8.42 Å². The molecule has 4 heteroatoms. The highest BCUT2D eigenvalue weighted by molar-refractivity contribution is 7.72. The van der Waals surface area contributed by atoms with Crippen LogP contribution < -0.4 is 5.73 Å². The van der Waals surface area contributed by atoms with Crippen LogP contribution in [0.25, 0.3) is 0 Å². The van der Waals surface area contributed by atoms with Crippen molar-refractivity contribution < 1.29 is 8.42 Å². The molecular formula is C7H9NO2S. The van der Waals surface area contributed by atoms with Gasteiger partial charge in [0.1, 0.15) is 0 Å². The molecule has 0 radical (unpaired) electrons. The van der Waals surface area contributed by atoms with E-state index < -0.39 is 10.7 Å². The predicted molar refractivity (Wildman–Crippen MR) is 42.9 cm³/mol. The first-order valence-electron chi connectivity index (χ1n) is 3.17. The Morgan fingerprint density at radius 3 is 2.09 bits per heavy atom. The monoisotopic (exact) mass is 171 g/mol. The van der Waals surface area contributed by atoms with Crippen molar-refractivity contribution >= 4 is 10.7 Å². The third-order valence-corrected chi connectivity index (χ3v) is 2.10. The van der Waals surface area contributed by atoms with E-state index in [1.165, 1.54) is 0 Å². The molecular weight excluding hydrogens is 162 g/mol. The van der Waals surface area contributed by atoms with Gasteiger partial charge in [0.2, 0.25) is 0 Å². The minimum absolute atomic E-state index is 0.331. The van der Waals surface area contributed by atoms with E-state index in [9.17, 15) is 8.42 Å². The molecule has 0 spiro atoms. The molecule has 1 aromatic carbocycles. The molecule has 0 aliphatic rings. The molecule has 0 bridgehead atoms. The number of hydrogen-bond acceptors (Lipinski definition) is 3. The van der Waals surface area contributed by atoms with Gasteiger partial charge in [-0.3, -0.25) is 0 Å². The van der Waals surface area contributed by atoms with Gasteiger partial charge in [-0.05, 0) is 17.7 Å². The summed E-state index contributed by atoms with van der Waals surface area (Å²) < 4.78 is 20.8. The molecule has 0 aromatic heterocycles. The standard InChI is InChI=1S/C7H9NO2S/c8-5-6-1-3-7(4-2-6)11(9)10/h1-4,11H,5,8H2. The summed E-state index contributed by atoms with van der Waals surface area (Å²) in [5.74, 6) is 0. The Labute approximate surface area is 66.8 Å². The third-order valence-electron chi connectivity index (χ3n) is 1.38. The number of hydrogen-bond donors (Lipinski definition) is 2. The van der Waals surface area contributed by atoms with Crippen molar-refractivity contribution in [2.24, 2.45) is 5.73 Å². The summed E-state index contributed by atoms with van der Waals surface area (Å²) in [5.41, 5.74) is 6.26. The predicted octanol–water partition coefficient (Wildman–Crippen LogP) is 0.116. The molecule has 0 amide bonds. The highest BCUT2D eigenvalue weighted by atomic mass is 32.2. The topological polar surface area (TPSA) is 60.2 Å². The maximum absolute atomic E-state index is 10.4. The van der Waals surface area contributed by atoms with Crippen molar-refractivity contribution in [3.63, 3.8) is 0 Å². The Hall–Kier alpha value is -0.870. The molecule has 3 nitrogen and oxygen atoms in total. The van der Waals surface area contributed by atoms with Gasteiger partial charge in [-0.15, -0.1) is 0 Å². The number of benzene rings is 1. The first-order valence-corrected chi connectivity index (χ1v) is 4.35. The molecule has 0 atom stereocenters. The van der Waals surface area contributed by atoms with Gasteiger partial charge in [0.25, 0.3) is 0 Å². The molecule has 0 saturated carbocycles. The summed E-state index contributed by atoms with van der Waals surface area (Å²) in [6.45, 7) is 0.440. The second-order valence-electron chi connectivity index (χ2n) is 2.13. The fourth-order valence-electron chi connectivity index (χ4n) is 0.754. The van der Waals surface area contributed by atoms with Crippen LogP contribution in [0, 0.1) is 0 Å². The molecule has 11 heavy (non-hydrogen) atoms.